The van der Waals surface area contributed by atoms with E-state index < -0.39 is 0 Å². The highest BCUT2D eigenvalue weighted by atomic mass is 16.5. The van der Waals surface area contributed by atoms with Crippen molar-refractivity contribution in [2.24, 2.45) is 0 Å². The first-order valence-electron chi connectivity index (χ1n) is 8.03. The Morgan fingerprint density at radius 3 is 2.52 bits per heavy atom. The largest absolute Gasteiger partial charge is 0.473 e. The smallest absolute Gasteiger partial charge is 0.270 e. The average Bonchev–Trinajstić information content (AvgIpc) is 2.67. The molecule has 25 heavy (non-hydrogen) atoms. The number of aromatic nitrogens is 2. The Labute approximate surface area is 146 Å². The third-order valence-corrected chi connectivity index (χ3v) is 3.68. The van der Waals surface area contributed by atoms with Gasteiger partial charge in [0.25, 0.3) is 5.91 Å². The molecule has 0 unspecified atom stereocenters. The number of carbonyl (C=O) groups is 1. The standard InChI is InChI=1S/C20H19N3O2/c1-15-7-9-16(10-8-15)12-21-20(24)18-11-19(23-14-22-18)25-13-17-5-3-2-4-6-17/h2-11,14H,12-13H2,1H3,(H,21,24). The summed E-state index contributed by atoms with van der Waals surface area (Å²) in [7, 11) is 0. The minimum atomic E-state index is -0.257. The fourth-order valence-corrected chi connectivity index (χ4v) is 2.25. The predicted octanol–water partition coefficient (Wildman–Crippen LogP) is 3.29. The Hall–Kier alpha value is -3.21. The third kappa shape index (κ3) is 4.88. The molecule has 0 atom stereocenters. The molecule has 126 valence electrons. The second-order valence-electron chi connectivity index (χ2n) is 5.68. The number of nitrogens with one attached hydrogen (secondary N) is 1. The lowest BCUT2D eigenvalue weighted by atomic mass is 10.1. The van der Waals surface area contributed by atoms with E-state index in [4.69, 9.17) is 4.74 Å². The monoisotopic (exact) mass is 333 g/mol. The number of hydrogen-bond donors (Lipinski definition) is 1. The van der Waals surface area contributed by atoms with Gasteiger partial charge >= 0.3 is 0 Å². The van der Waals surface area contributed by atoms with Crippen LogP contribution in [0.25, 0.3) is 0 Å². The molecule has 0 aliphatic carbocycles. The van der Waals surface area contributed by atoms with E-state index in [2.05, 4.69) is 15.3 Å². The van der Waals surface area contributed by atoms with E-state index in [-0.39, 0.29) is 11.6 Å². The molecule has 0 aliphatic heterocycles. The van der Waals surface area contributed by atoms with E-state index in [0.717, 1.165) is 11.1 Å². The van der Waals surface area contributed by atoms with Crippen molar-refractivity contribution in [3.63, 3.8) is 0 Å². The zero-order valence-electron chi connectivity index (χ0n) is 14.0. The molecule has 1 amide bonds. The van der Waals surface area contributed by atoms with Gasteiger partial charge in [-0.1, -0.05) is 60.2 Å². The lowest BCUT2D eigenvalue weighted by Gasteiger charge is -2.08. The summed E-state index contributed by atoms with van der Waals surface area (Å²) in [5.41, 5.74) is 3.54. The number of carbonyl (C=O) groups excluding carboxylic acids is 1. The molecule has 5 nitrogen and oxygen atoms in total. The second-order valence-corrected chi connectivity index (χ2v) is 5.68. The molecule has 3 aromatic rings. The van der Waals surface area contributed by atoms with Crippen LogP contribution in [0.4, 0.5) is 0 Å². The minimum Gasteiger partial charge on any atom is -0.473 e. The summed E-state index contributed by atoms with van der Waals surface area (Å²) in [4.78, 5) is 20.3. The van der Waals surface area contributed by atoms with Crippen LogP contribution in [0.1, 0.15) is 27.2 Å². The van der Waals surface area contributed by atoms with E-state index >= 15 is 0 Å². The highest BCUT2D eigenvalue weighted by Crippen LogP contribution is 2.10. The van der Waals surface area contributed by atoms with Crippen molar-refractivity contribution < 1.29 is 9.53 Å². The van der Waals surface area contributed by atoms with Crippen molar-refractivity contribution in [2.75, 3.05) is 0 Å². The lowest BCUT2D eigenvalue weighted by molar-refractivity contribution is 0.0945. The summed E-state index contributed by atoms with van der Waals surface area (Å²) in [5, 5.41) is 2.85. The van der Waals surface area contributed by atoms with Gasteiger partial charge in [0.05, 0.1) is 0 Å². The number of amides is 1. The number of ether oxygens (including phenoxy) is 1. The fraction of sp³-hybridized carbons (Fsp3) is 0.150. The molecule has 1 aromatic heterocycles. The maximum absolute atomic E-state index is 12.3. The highest BCUT2D eigenvalue weighted by molar-refractivity contribution is 5.92. The number of rotatable bonds is 6. The van der Waals surface area contributed by atoms with Crippen molar-refractivity contribution in [3.05, 3.63) is 89.4 Å². The van der Waals surface area contributed by atoms with Gasteiger partial charge in [-0.05, 0) is 18.1 Å². The number of nitrogens with zero attached hydrogens (tertiary/aromatic N) is 2. The normalized spacial score (nSPS) is 10.3. The van der Waals surface area contributed by atoms with Crippen LogP contribution in [0.2, 0.25) is 0 Å². The molecule has 0 fully saturated rings. The maximum atomic E-state index is 12.3. The van der Waals surface area contributed by atoms with Crippen molar-refractivity contribution in [1.82, 2.24) is 15.3 Å². The molecule has 0 radical (unpaired) electrons. The van der Waals surface area contributed by atoms with Crippen LogP contribution in [-0.4, -0.2) is 15.9 Å². The first kappa shape index (κ1) is 16.6. The van der Waals surface area contributed by atoms with Gasteiger partial charge in [-0.3, -0.25) is 4.79 Å². The van der Waals surface area contributed by atoms with Crippen molar-refractivity contribution in [1.29, 1.82) is 0 Å². The molecule has 1 heterocycles. The minimum absolute atomic E-state index is 0.257. The van der Waals surface area contributed by atoms with Crippen LogP contribution >= 0.6 is 0 Å². The van der Waals surface area contributed by atoms with Crippen molar-refractivity contribution in [3.8, 4) is 5.88 Å². The molecule has 0 bridgehead atoms. The Bertz CT molecular complexity index is 833. The molecule has 1 N–H and O–H groups in total. The summed E-state index contributed by atoms with van der Waals surface area (Å²) in [6.45, 7) is 2.87. The maximum Gasteiger partial charge on any atom is 0.270 e. The number of benzene rings is 2. The molecule has 0 aliphatic rings. The average molecular weight is 333 g/mol. The zero-order chi connectivity index (χ0) is 17.5. The van der Waals surface area contributed by atoms with Gasteiger partial charge in [-0.2, -0.15) is 0 Å². The van der Waals surface area contributed by atoms with E-state index in [1.807, 2.05) is 61.5 Å². The van der Waals surface area contributed by atoms with Gasteiger partial charge in [0, 0.05) is 12.6 Å². The lowest BCUT2D eigenvalue weighted by Crippen LogP contribution is -2.24. The van der Waals surface area contributed by atoms with E-state index in [0.29, 0.717) is 19.0 Å². The molecule has 2 aromatic carbocycles. The van der Waals surface area contributed by atoms with Crippen LogP contribution in [0.5, 0.6) is 5.88 Å². The Kier molecular flexibility index (Phi) is 5.36. The first-order chi connectivity index (χ1) is 12.2. The highest BCUT2D eigenvalue weighted by Gasteiger charge is 2.09. The third-order valence-electron chi connectivity index (χ3n) is 3.68. The van der Waals surface area contributed by atoms with Crippen LogP contribution in [0, 0.1) is 6.92 Å². The van der Waals surface area contributed by atoms with Gasteiger partial charge in [0.2, 0.25) is 5.88 Å². The topological polar surface area (TPSA) is 64.1 Å². The number of hydrogen-bond acceptors (Lipinski definition) is 4. The van der Waals surface area contributed by atoms with Gasteiger partial charge in [-0.15, -0.1) is 0 Å². The Balaban J connectivity index is 1.58. The summed E-state index contributed by atoms with van der Waals surface area (Å²) in [6, 6.07) is 19.3. The molecule has 0 saturated heterocycles. The van der Waals surface area contributed by atoms with Crippen LogP contribution < -0.4 is 10.1 Å². The first-order valence-corrected chi connectivity index (χ1v) is 8.03. The van der Waals surface area contributed by atoms with Crippen LogP contribution in [-0.2, 0) is 13.2 Å². The van der Waals surface area contributed by atoms with E-state index in [1.165, 1.54) is 11.9 Å². The molecular formula is C20H19N3O2. The second kappa shape index (κ2) is 8.06. The molecule has 3 rings (SSSR count). The molecular weight excluding hydrogens is 314 g/mol. The van der Waals surface area contributed by atoms with E-state index in [1.54, 1.807) is 6.07 Å². The molecule has 0 spiro atoms. The van der Waals surface area contributed by atoms with Crippen molar-refractivity contribution in [2.45, 2.75) is 20.1 Å². The molecule has 5 heteroatoms. The number of aryl methyl sites for hydroxylation is 1. The predicted molar refractivity (Wildman–Crippen MR) is 95.2 cm³/mol. The molecule has 0 saturated carbocycles. The van der Waals surface area contributed by atoms with E-state index in [9.17, 15) is 4.79 Å². The Morgan fingerprint density at radius 2 is 1.76 bits per heavy atom. The van der Waals surface area contributed by atoms with Gasteiger partial charge in [0.15, 0.2) is 0 Å². The van der Waals surface area contributed by atoms with Gasteiger partial charge in [-0.25, -0.2) is 9.97 Å². The van der Waals surface area contributed by atoms with Gasteiger partial charge < -0.3 is 10.1 Å². The fourth-order valence-electron chi connectivity index (χ4n) is 2.25. The summed E-state index contributed by atoms with van der Waals surface area (Å²) in [5.74, 6) is 0.117. The van der Waals surface area contributed by atoms with Gasteiger partial charge in [0.1, 0.15) is 18.6 Å². The summed E-state index contributed by atoms with van der Waals surface area (Å²) in [6.07, 6.45) is 1.33. The summed E-state index contributed by atoms with van der Waals surface area (Å²) < 4.78 is 5.63. The van der Waals surface area contributed by atoms with Crippen molar-refractivity contribution >= 4 is 5.91 Å². The SMILES string of the molecule is Cc1ccc(CNC(=O)c2cc(OCc3ccccc3)ncn2)cc1. The Morgan fingerprint density at radius 1 is 1.00 bits per heavy atom. The van der Waals surface area contributed by atoms with Crippen LogP contribution in [0.15, 0.2) is 67.0 Å². The van der Waals surface area contributed by atoms with Crippen LogP contribution in [0.3, 0.4) is 0 Å². The quantitative estimate of drug-likeness (QED) is 0.752. The zero-order valence-corrected chi connectivity index (χ0v) is 14.0. The summed E-state index contributed by atoms with van der Waals surface area (Å²) >= 11 is 0.